The summed E-state index contributed by atoms with van der Waals surface area (Å²) in [5.74, 6) is -0.205. The molecule has 2 amide bonds. The first-order chi connectivity index (χ1) is 9.35. The molecule has 1 saturated heterocycles. The van der Waals surface area contributed by atoms with Gasteiger partial charge in [0.05, 0.1) is 24.1 Å². The molecule has 2 rings (SSSR count). The Balaban J connectivity index is 2.27. The van der Waals surface area contributed by atoms with Gasteiger partial charge in [-0.2, -0.15) is 0 Å². The van der Waals surface area contributed by atoms with Crippen LogP contribution < -0.4 is 5.32 Å². The number of hydrogen-bond acceptors (Lipinski definition) is 4. The van der Waals surface area contributed by atoms with Crippen LogP contribution in [0.4, 0.5) is 0 Å². The summed E-state index contributed by atoms with van der Waals surface area (Å²) in [6.45, 7) is 7.49. The van der Waals surface area contributed by atoms with Crippen LogP contribution in [-0.4, -0.2) is 38.3 Å². The molecule has 1 aromatic rings. The van der Waals surface area contributed by atoms with Gasteiger partial charge in [-0.25, -0.2) is 0 Å². The zero-order chi connectivity index (χ0) is 14.9. The first-order valence-electron chi connectivity index (χ1n) is 6.75. The number of aromatic nitrogens is 2. The fourth-order valence-corrected chi connectivity index (χ4v) is 2.35. The van der Waals surface area contributed by atoms with Crippen molar-refractivity contribution in [2.75, 3.05) is 0 Å². The van der Waals surface area contributed by atoms with Crippen molar-refractivity contribution in [3.05, 3.63) is 23.8 Å². The Morgan fingerprint density at radius 3 is 2.55 bits per heavy atom. The summed E-state index contributed by atoms with van der Waals surface area (Å²) in [5, 5.41) is 2.77. The molecule has 6 nitrogen and oxygen atoms in total. The van der Waals surface area contributed by atoms with Crippen LogP contribution in [0.3, 0.4) is 0 Å². The molecule has 0 saturated carbocycles. The molecular weight excluding hydrogens is 256 g/mol. The Kier molecular flexibility index (Phi) is 3.74. The highest BCUT2D eigenvalue weighted by Crippen LogP contribution is 2.21. The highest BCUT2D eigenvalue weighted by atomic mass is 16.2. The second kappa shape index (κ2) is 5.19. The Bertz CT molecular complexity index is 524. The molecule has 2 heterocycles. The summed E-state index contributed by atoms with van der Waals surface area (Å²) >= 11 is 0. The molecule has 1 fully saturated rings. The fraction of sp³-hybridized carbons (Fsp3) is 0.571. The summed E-state index contributed by atoms with van der Waals surface area (Å²) in [5.41, 5.74) is 0.637. The molecule has 6 heteroatoms. The molecule has 1 N–H and O–H groups in total. The van der Waals surface area contributed by atoms with Crippen LogP contribution >= 0.6 is 0 Å². The molecular formula is C14H20N4O2. The smallest absolute Gasteiger partial charge is 0.248 e. The Morgan fingerprint density at radius 1 is 1.30 bits per heavy atom. The summed E-state index contributed by atoms with van der Waals surface area (Å²) < 4.78 is 0. The van der Waals surface area contributed by atoms with E-state index in [1.165, 1.54) is 0 Å². The van der Waals surface area contributed by atoms with Gasteiger partial charge in [0.2, 0.25) is 11.8 Å². The van der Waals surface area contributed by atoms with Crippen LogP contribution in [0.25, 0.3) is 0 Å². The molecule has 20 heavy (non-hydrogen) atoms. The lowest BCUT2D eigenvalue weighted by molar-refractivity contribution is -0.154. The number of carbonyl (C=O) groups is 2. The SMILES string of the molecule is CCC1C(=O)NC(C)(C)C(=O)N1Cc1cnc(C)cn1. The molecule has 0 spiro atoms. The lowest BCUT2D eigenvalue weighted by Crippen LogP contribution is -2.67. The van der Waals surface area contributed by atoms with Crippen LogP contribution in [0, 0.1) is 6.92 Å². The van der Waals surface area contributed by atoms with E-state index in [0.717, 1.165) is 5.69 Å². The van der Waals surface area contributed by atoms with E-state index in [9.17, 15) is 9.59 Å². The van der Waals surface area contributed by atoms with Crippen molar-refractivity contribution < 1.29 is 9.59 Å². The van der Waals surface area contributed by atoms with Gasteiger partial charge in [-0.3, -0.25) is 19.6 Å². The third kappa shape index (κ3) is 2.64. The van der Waals surface area contributed by atoms with Crippen LogP contribution in [0.2, 0.25) is 0 Å². The second-order valence-corrected chi connectivity index (χ2v) is 5.62. The predicted octanol–water partition coefficient (Wildman–Crippen LogP) is 0.801. The highest BCUT2D eigenvalue weighted by Gasteiger charge is 2.44. The van der Waals surface area contributed by atoms with Crippen molar-refractivity contribution in [3.8, 4) is 0 Å². The quantitative estimate of drug-likeness (QED) is 0.886. The molecule has 1 aliphatic heterocycles. The predicted molar refractivity (Wildman–Crippen MR) is 73.6 cm³/mol. The molecule has 1 aliphatic rings. The van der Waals surface area contributed by atoms with Gasteiger partial charge >= 0.3 is 0 Å². The molecule has 108 valence electrons. The van der Waals surface area contributed by atoms with Crippen molar-refractivity contribution in [3.63, 3.8) is 0 Å². The third-order valence-corrected chi connectivity index (χ3v) is 3.46. The van der Waals surface area contributed by atoms with Gasteiger partial charge in [-0.05, 0) is 27.2 Å². The number of nitrogens with one attached hydrogen (secondary N) is 1. The second-order valence-electron chi connectivity index (χ2n) is 5.62. The Hall–Kier alpha value is -1.98. The van der Waals surface area contributed by atoms with E-state index in [4.69, 9.17) is 0 Å². The topological polar surface area (TPSA) is 75.2 Å². The van der Waals surface area contributed by atoms with Crippen LogP contribution in [0.1, 0.15) is 38.6 Å². The minimum atomic E-state index is -0.874. The van der Waals surface area contributed by atoms with E-state index in [1.54, 1.807) is 31.1 Å². The van der Waals surface area contributed by atoms with Gasteiger partial charge in [-0.15, -0.1) is 0 Å². The Labute approximate surface area is 118 Å². The maximum atomic E-state index is 12.5. The van der Waals surface area contributed by atoms with Crippen molar-refractivity contribution >= 4 is 11.8 Å². The summed E-state index contributed by atoms with van der Waals surface area (Å²) in [6, 6.07) is -0.446. The summed E-state index contributed by atoms with van der Waals surface area (Å²) in [7, 11) is 0. The third-order valence-electron chi connectivity index (χ3n) is 3.46. The van der Waals surface area contributed by atoms with E-state index >= 15 is 0 Å². The molecule has 0 aromatic carbocycles. The summed E-state index contributed by atoms with van der Waals surface area (Å²) in [4.78, 5) is 34.6. The largest absolute Gasteiger partial charge is 0.340 e. The average Bonchev–Trinajstić information content (AvgIpc) is 2.38. The van der Waals surface area contributed by atoms with Gasteiger partial charge < -0.3 is 10.2 Å². The maximum absolute atomic E-state index is 12.5. The van der Waals surface area contributed by atoms with E-state index in [1.807, 2.05) is 13.8 Å². The van der Waals surface area contributed by atoms with Crippen molar-refractivity contribution in [2.45, 2.75) is 52.2 Å². The molecule has 1 atom stereocenters. The van der Waals surface area contributed by atoms with Gasteiger partial charge in [0.15, 0.2) is 0 Å². The molecule has 0 bridgehead atoms. The van der Waals surface area contributed by atoms with Crippen molar-refractivity contribution in [1.29, 1.82) is 0 Å². The zero-order valence-electron chi connectivity index (χ0n) is 12.3. The standard InChI is InChI=1S/C14H20N4O2/c1-5-11-12(19)17-14(3,4)13(20)18(11)8-10-7-15-9(2)6-16-10/h6-7,11H,5,8H2,1-4H3,(H,17,19). The van der Waals surface area contributed by atoms with Crippen molar-refractivity contribution in [2.24, 2.45) is 0 Å². The Morgan fingerprint density at radius 2 is 2.00 bits per heavy atom. The van der Waals surface area contributed by atoms with E-state index < -0.39 is 11.6 Å². The molecule has 1 unspecified atom stereocenters. The van der Waals surface area contributed by atoms with E-state index in [0.29, 0.717) is 18.7 Å². The lowest BCUT2D eigenvalue weighted by Gasteiger charge is -2.42. The number of aryl methyl sites for hydroxylation is 1. The first-order valence-corrected chi connectivity index (χ1v) is 6.75. The van der Waals surface area contributed by atoms with Crippen molar-refractivity contribution in [1.82, 2.24) is 20.2 Å². The van der Waals surface area contributed by atoms with Gasteiger partial charge in [0, 0.05) is 6.20 Å². The molecule has 1 aromatic heterocycles. The first kappa shape index (κ1) is 14.4. The van der Waals surface area contributed by atoms with E-state index in [2.05, 4.69) is 15.3 Å². The summed E-state index contributed by atoms with van der Waals surface area (Å²) in [6.07, 6.45) is 3.89. The fourth-order valence-electron chi connectivity index (χ4n) is 2.35. The molecule has 0 aliphatic carbocycles. The van der Waals surface area contributed by atoms with Crippen LogP contribution in [-0.2, 0) is 16.1 Å². The number of nitrogens with zero attached hydrogens (tertiary/aromatic N) is 3. The number of rotatable bonds is 3. The molecule has 0 radical (unpaired) electrons. The van der Waals surface area contributed by atoms with E-state index in [-0.39, 0.29) is 11.8 Å². The maximum Gasteiger partial charge on any atom is 0.248 e. The number of carbonyl (C=O) groups excluding carboxylic acids is 2. The van der Waals surface area contributed by atoms with Gasteiger partial charge in [0.1, 0.15) is 11.6 Å². The number of hydrogen-bond donors (Lipinski definition) is 1. The minimum Gasteiger partial charge on any atom is -0.340 e. The normalized spacial score (nSPS) is 21.8. The monoisotopic (exact) mass is 276 g/mol. The minimum absolute atomic E-state index is 0.0914. The van der Waals surface area contributed by atoms with Gasteiger partial charge in [-0.1, -0.05) is 6.92 Å². The average molecular weight is 276 g/mol. The van der Waals surface area contributed by atoms with Crippen LogP contribution in [0.15, 0.2) is 12.4 Å². The highest BCUT2D eigenvalue weighted by molar-refractivity contribution is 5.99. The zero-order valence-corrected chi connectivity index (χ0v) is 12.3. The number of amides is 2. The van der Waals surface area contributed by atoms with Crippen LogP contribution in [0.5, 0.6) is 0 Å². The lowest BCUT2D eigenvalue weighted by atomic mass is 9.95. The number of piperazine rings is 1. The van der Waals surface area contributed by atoms with Gasteiger partial charge in [0.25, 0.3) is 0 Å².